The van der Waals surface area contributed by atoms with E-state index in [4.69, 9.17) is 0 Å². The van der Waals surface area contributed by atoms with Crippen molar-refractivity contribution >= 4 is 34.6 Å². The van der Waals surface area contributed by atoms with Crippen molar-refractivity contribution in [3.63, 3.8) is 0 Å². The summed E-state index contributed by atoms with van der Waals surface area (Å²) in [4.78, 5) is 37.4. The summed E-state index contributed by atoms with van der Waals surface area (Å²) in [5, 5.41) is 17.0. The molecule has 2 amide bonds. The van der Waals surface area contributed by atoms with Crippen LogP contribution in [0.25, 0.3) is 0 Å². The van der Waals surface area contributed by atoms with E-state index in [9.17, 15) is 19.7 Å². The number of hydrogen-bond donors (Lipinski definition) is 2. The summed E-state index contributed by atoms with van der Waals surface area (Å²) in [6, 6.07) is 11.4. The van der Waals surface area contributed by atoms with Crippen molar-refractivity contribution in [2.24, 2.45) is 0 Å². The molecule has 3 rings (SSSR count). The molecule has 1 saturated heterocycles. The number of carbonyl (C=O) groups excluding carboxylic acids is 2. The number of rotatable bonds is 7. The van der Waals surface area contributed by atoms with E-state index in [-0.39, 0.29) is 17.2 Å². The highest BCUT2D eigenvalue weighted by molar-refractivity contribution is 6.05. The normalized spacial score (nSPS) is 13.2. The average Bonchev–Trinajstić information content (AvgIpc) is 3.22. The molecule has 0 saturated carbocycles. The molecule has 2 N–H and O–H groups in total. The zero-order chi connectivity index (χ0) is 20.8. The van der Waals surface area contributed by atoms with E-state index in [0.29, 0.717) is 23.5 Å². The Morgan fingerprint density at radius 3 is 2.41 bits per heavy atom. The molecular weight excluding hydrogens is 372 g/mol. The van der Waals surface area contributed by atoms with Crippen LogP contribution in [-0.4, -0.2) is 29.8 Å². The quantitative estimate of drug-likeness (QED) is 0.539. The fourth-order valence-corrected chi connectivity index (χ4v) is 3.36. The molecule has 0 spiro atoms. The van der Waals surface area contributed by atoms with Gasteiger partial charge in [-0.1, -0.05) is 13.0 Å². The predicted molar refractivity (Wildman–Crippen MR) is 112 cm³/mol. The van der Waals surface area contributed by atoms with Crippen molar-refractivity contribution in [1.82, 2.24) is 0 Å². The lowest BCUT2D eigenvalue weighted by atomic mass is 10.1. The maximum Gasteiger partial charge on any atom is 0.293 e. The number of hydrogen-bond acceptors (Lipinski definition) is 5. The average molecular weight is 396 g/mol. The lowest BCUT2D eigenvalue weighted by Gasteiger charge is -2.17. The van der Waals surface area contributed by atoms with Gasteiger partial charge in [-0.05, 0) is 49.6 Å². The molecule has 0 radical (unpaired) electrons. The molecule has 0 aromatic heterocycles. The predicted octanol–water partition coefficient (Wildman–Crippen LogP) is 4.19. The van der Waals surface area contributed by atoms with E-state index in [1.807, 2.05) is 11.8 Å². The Bertz CT molecular complexity index is 923. The van der Waals surface area contributed by atoms with Gasteiger partial charge < -0.3 is 15.5 Å². The van der Waals surface area contributed by atoms with Crippen molar-refractivity contribution < 1.29 is 14.5 Å². The molecule has 0 aliphatic carbocycles. The highest BCUT2D eigenvalue weighted by Crippen LogP contribution is 2.32. The van der Waals surface area contributed by atoms with E-state index in [1.54, 1.807) is 36.4 Å². The standard InChI is InChI=1S/C21H24N4O4/c1-2-6-20(26)22-16-7-5-8-17(14-16)23-21(27)15-9-10-18(19(13-15)25(28)29)24-11-3-4-12-24/h5,7-10,13-14H,2-4,6,11-12H2,1H3,(H,22,26)(H,23,27). The van der Waals surface area contributed by atoms with Crippen molar-refractivity contribution in [3.05, 3.63) is 58.1 Å². The van der Waals surface area contributed by atoms with E-state index in [0.717, 1.165) is 32.4 Å². The van der Waals surface area contributed by atoms with Crippen LogP contribution in [0, 0.1) is 10.1 Å². The Labute approximate surface area is 169 Å². The summed E-state index contributed by atoms with van der Waals surface area (Å²) in [5.74, 6) is -0.540. The Morgan fingerprint density at radius 2 is 1.76 bits per heavy atom. The zero-order valence-electron chi connectivity index (χ0n) is 16.3. The van der Waals surface area contributed by atoms with Gasteiger partial charge in [-0.15, -0.1) is 0 Å². The van der Waals surface area contributed by atoms with Gasteiger partial charge in [0.2, 0.25) is 5.91 Å². The van der Waals surface area contributed by atoms with E-state index in [1.165, 1.54) is 6.07 Å². The second-order valence-electron chi connectivity index (χ2n) is 6.99. The first-order valence-electron chi connectivity index (χ1n) is 9.72. The Balaban J connectivity index is 1.76. The molecule has 29 heavy (non-hydrogen) atoms. The molecule has 152 valence electrons. The molecule has 1 aliphatic heterocycles. The first-order valence-corrected chi connectivity index (χ1v) is 9.72. The van der Waals surface area contributed by atoms with Gasteiger partial charge >= 0.3 is 0 Å². The minimum atomic E-state index is -0.450. The molecule has 8 heteroatoms. The molecule has 2 aromatic rings. The summed E-state index contributed by atoms with van der Waals surface area (Å²) in [6.45, 7) is 3.48. The van der Waals surface area contributed by atoms with Gasteiger partial charge in [0, 0.05) is 42.5 Å². The van der Waals surface area contributed by atoms with Crippen LogP contribution >= 0.6 is 0 Å². The first-order chi connectivity index (χ1) is 14.0. The van der Waals surface area contributed by atoms with Crippen LogP contribution in [0.5, 0.6) is 0 Å². The maximum atomic E-state index is 12.6. The number of carbonyl (C=O) groups is 2. The van der Waals surface area contributed by atoms with E-state index < -0.39 is 10.8 Å². The van der Waals surface area contributed by atoms with Crippen LogP contribution in [0.3, 0.4) is 0 Å². The summed E-state index contributed by atoms with van der Waals surface area (Å²) < 4.78 is 0. The molecular formula is C21H24N4O4. The highest BCUT2D eigenvalue weighted by Gasteiger charge is 2.24. The van der Waals surface area contributed by atoms with Crippen molar-refractivity contribution in [2.75, 3.05) is 28.6 Å². The van der Waals surface area contributed by atoms with Gasteiger partial charge in [-0.2, -0.15) is 0 Å². The van der Waals surface area contributed by atoms with Gasteiger partial charge in [0.25, 0.3) is 11.6 Å². The number of nitro groups is 1. The van der Waals surface area contributed by atoms with Crippen LogP contribution in [-0.2, 0) is 4.79 Å². The molecule has 2 aromatic carbocycles. The Kier molecular flexibility index (Phi) is 6.43. The van der Waals surface area contributed by atoms with Crippen LogP contribution in [0.4, 0.5) is 22.7 Å². The Morgan fingerprint density at radius 1 is 1.07 bits per heavy atom. The van der Waals surface area contributed by atoms with Crippen molar-refractivity contribution in [3.8, 4) is 0 Å². The number of anilines is 3. The third kappa shape index (κ3) is 5.10. The van der Waals surface area contributed by atoms with Crippen molar-refractivity contribution in [2.45, 2.75) is 32.6 Å². The summed E-state index contributed by atoms with van der Waals surface area (Å²) in [5.41, 5.74) is 1.76. The second-order valence-corrected chi connectivity index (χ2v) is 6.99. The number of benzene rings is 2. The Hall–Kier alpha value is -3.42. The number of amides is 2. The monoisotopic (exact) mass is 396 g/mol. The summed E-state index contributed by atoms with van der Waals surface area (Å²) >= 11 is 0. The number of nitrogens with one attached hydrogen (secondary N) is 2. The third-order valence-electron chi connectivity index (χ3n) is 4.76. The minimum Gasteiger partial charge on any atom is -0.366 e. The lowest BCUT2D eigenvalue weighted by Crippen LogP contribution is -2.20. The second kappa shape index (κ2) is 9.18. The molecule has 8 nitrogen and oxygen atoms in total. The lowest BCUT2D eigenvalue weighted by molar-refractivity contribution is -0.384. The van der Waals surface area contributed by atoms with Gasteiger partial charge in [0.1, 0.15) is 5.69 Å². The van der Waals surface area contributed by atoms with Gasteiger partial charge in [0.05, 0.1) is 4.92 Å². The summed E-state index contributed by atoms with van der Waals surface area (Å²) in [7, 11) is 0. The molecule has 0 bridgehead atoms. The zero-order valence-corrected chi connectivity index (χ0v) is 16.3. The molecule has 1 heterocycles. The smallest absolute Gasteiger partial charge is 0.293 e. The van der Waals surface area contributed by atoms with E-state index in [2.05, 4.69) is 10.6 Å². The highest BCUT2D eigenvalue weighted by atomic mass is 16.6. The summed E-state index contributed by atoms with van der Waals surface area (Å²) in [6.07, 6.45) is 3.17. The molecule has 0 unspecified atom stereocenters. The third-order valence-corrected chi connectivity index (χ3v) is 4.76. The SMILES string of the molecule is CCCC(=O)Nc1cccc(NC(=O)c2ccc(N3CCCC3)c([N+](=O)[O-])c2)c1. The van der Waals surface area contributed by atoms with Crippen molar-refractivity contribution in [1.29, 1.82) is 0 Å². The number of nitro benzene ring substituents is 1. The maximum absolute atomic E-state index is 12.6. The van der Waals surface area contributed by atoms with Crippen LogP contribution < -0.4 is 15.5 Å². The number of nitrogens with zero attached hydrogens (tertiary/aromatic N) is 2. The molecule has 1 aliphatic rings. The van der Waals surface area contributed by atoms with Crippen LogP contribution in [0.1, 0.15) is 43.0 Å². The van der Waals surface area contributed by atoms with Crippen LogP contribution in [0.2, 0.25) is 0 Å². The van der Waals surface area contributed by atoms with Crippen LogP contribution in [0.15, 0.2) is 42.5 Å². The van der Waals surface area contributed by atoms with Gasteiger partial charge in [-0.3, -0.25) is 19.7 Å². The minimum absolute atomic E-state index is 0.0693. The first kappa shape index (κ1) is 20.3. The largest absolute Gasteiger partial charge is 0.366 e. The van der Waals surface area contributed by atoms with Gasteiger partial charge in [-0.25, -0.2) is 0 Å². The fraction of sp³-hybridized carbons (Fsp3) is 0.333. The van der Waals surface area contributed by atoms with Gasteiger partial charge in [0.15, 0.2) is 0 Å². The molecule has 0 atom stereocenters. The topological polar surface area (TPSA) is 105 Å². The fourth-order valence-electron chi connectivity index (χ4n) is 3.36. The molecule has 1 fully saturated rings. The van der Waals surface area contributed by atoms with E-state index >= 15 is 0 Å².